The molecule has 0 aliphatic carbocycles. The van der Waals surface area contributed by atoms with Crippen molar-refractivity contribution in [1.82, 2.24) is 15.3 Å². The Balaban J connectivity index is 2.12. The lowest BCUT2D eigenvalue weighted by Gasteiger charge is -2.08. The van der Waals surface area contributed by atoms with Gasteiger partial charge in [0.15, 0.2) is 11.5 Å². The summed E-state index contributed by atoms with van der Waals surface area (Å²) in [6.45, 7) is 1.92. The Morgan fingerprint density at radius 2 is 1.85 bits per heavy atom. The van der Waals surface area contributed by atoms with Gasteiger partial charge in [-0.05, 0) is 24.3 Å². The molecular formula is C14H15N4O2+. The van der Waals surface area contributed by atoms with E-state index in [4.69, 9.17) is 9.47 Å². The van der Waals surface area contributed by atoms with Gasteiger partial charge in [0.2, 0.25) is 0 Å². The first-order valence-electron chi connectivity index (χ1n) is 6.19. The van der Waals surface area contributed by atoms with Gasteiger partial charge in [0.05, 0.1) is 14.2 Å². The van der Waals surface area contributed by atoms with E-state index in [0.717, 1.165) is 22.7 Å². The molecule has 2 aromatic heterocycles. The third-order valence-corrected chi connectivity index (χ3v) is 3.14. The second kappa shape index (κ2) is 4.80. The fourth-order valence-electron chi connectivity index (χ4n) is 2.08. The summed E-state index contributed by atoms with van der Waals surface area (Å²) < 4.78 is 12.3. The molecule has 0 unspecified atom stereocenters. The molecule has 6 nitrogen and oxygen atoms in total. The number of nitrogens with one attached hydrogen (secondary N) is 1. The Hall–Kier alpha value is -2.63. The molecule has 0 saturated carbocycles. The smallest absolute Gasteiger partial charge is 0.325 e. The molecule has 0 fully saturated rings. The number of H-pyrrole nitrogens is 1. The van der Waals surface area contributed by atoms with Gasteiger partial charge in [-0.15, -0.1) is 14.7 Å². The van der Waals surface area contributed by atoms with E-state index in [9.17, 15) is 0 Å². The topological polar surface area (TPSA) is 64.1 Å². The molecule has 102 valence electrons. The van der Waals surface area contributed by atoms with E-state index in [1.54, 1.807) is 18.7 Å². The molecule has 0 atom stereocenters. The third kappa shape index (κ3) is 1.95. The van der Waals surface area contributed by atoms with Gasteiger partial charge in [0.1, 0.15) is 5.69 Å². The fourth-order valence-corrected chi connectivity index (χ4v) is 2.08. The molecule has 0 saturated heterocycles. The summed E-state index contributed by atoms with van der Waals surface area (Å²) in [5.41, 5.74) is 2.58. The summed E-state index contributed by atoms with van der Waals surface area (Å²) in [6.07, 6.45) is 0. The number of hydrogen-bond donors (Lipinski definition) is 1. The molecule has 20 heavy (non-hydrogen) atoms. The summed E-state index contributed by atoms with van der Waals surface area (Å²) in [7, 11) is 3.24. The quantitative estimate of drug-likeness (QED) is 0.734. The van der Waals surface area contributed by atoms with Crippen LogP contribution in [-0.4, -0.2) is 29.5 Å². The molecule has 0 aliphatic rings. The van der Waals surface area contributed by atoms with Gasteiger partial charge in [0.25, 0.3) is 5.82 Å². The molecule has 3 rings (SSSR count). The first kappa shape index (κ1) is 12.4. The summed E-state index contributed by atoms with van der Waals surface area (Å²) in [5, 5.41) is 11.6. The lowest BCUT2D eigenvalue weighted by molar-refractivity contribution is -0.586. The van der Waals surface area contributed by atoms with Crippen LogP contribution in [0.1, 0.15) is 5.82 Å². The van der Waals surface area contributed by atoms with Gasteiger partial charge >= 0.3 is 5.65 Å². The highest BCUT2D eigenvalue weighted by Gasteiger charge is 2.13. The first-order valence-corrected chi connectivity index (χ1v) is 6.19. The Labute approximate surface area is 116 Å². The van der Waals surface area contributed by atoms with Crippen molar-refractivity contribution in [2.75, 3.05) is 14.2 Å². The number of nitrogens with zero attached hydrogens (tertiary/aromatic N) is 3. The lowest BCUT2D eigenvalue weighted by atomic mass is 10.1. The van der Waals surface area contributed by atoms with E-state index in [1.165, 1.54) is 0 Å². The normalized spacial score (nSPS) is 10.8. The molecule has 2 heterocycles. The molecule has 0 spiro atoms. The number of aromatic nitrogens is 4. The molecule has 0 bridgehead atoms. The van der Waals surface area contributed by atoms with Crippen molar-refractivity contribution in [3.63, 3.8) is 0 Å². The van der Waals surface area contributed by atoms with Crippen LogP contribution in [0.15, 0.2) is 30.3 Å². The van der Waals surface area contributed by atoms with Crippen molar-refractivity contribution in [3.05, 3.63) is 36.2 Å². The maximum Gasteiger partial charge on any atom is 0.325 e. The van der Waals surface area contributed by atoms with Gasteiger partial charge < -0.3 is 9.47 Å². The van der Waals surface area contributed by atoms with Crippen LogP contribution >= 0.6 is 0 Å². The summed E-state index contributed by atoms with van der Waals surface area (Å²) in [4.78, 5) is 0. The molecular weight excluding hydrogens is 256 g/mol. The van der Waals surface area contributed by atoms with Crippen molar-refractivity contribution in [3.8, 4) is 22.8 Å². The molecule has 0 aliphatic heterocycles. The number of methoxy groups -OCH3 is 2. The van der Waals surface area contributed by atoms with Crippen LogP contribution in [-0.2, 0) is 0 Å². The van der Waals surface area contributed by atoms with Crippen LogP contribution in [0.25, 0.3) is 16.9 Å². The zero-order chi connectivity index (χ0) is 14.1. The largest absolute Gasteiger partial charge is 0.493 e. The highest BCUT2D eigenvalue weighted by molar-refractivity contribution is 5.63. The van der Waals surface area contributed by atoms with Gasteiger partial charge in [-0.3, -0.25) is 0 Å². The fraction of sp³-hybridized carbons (Fsp3) is 0.214. The van der Waals surface area contributed by atoms with E-state index in [2.05, 4.69) is 15.3 Å². The average molecular weight is 271 g/mol. The van der Waals surface area contributed by atoms with Gasteiger partial charge in [0, 0.05) is 23.7 Å². The standard InChI is InChI=1S/C14H14N4O2/c1-9-15-16-14-7-5-11(17-18(9)14)10-4-6-12(19-2)13(8-10)20-3/h4-8H,1-3H3/p+1. The zero-order valence-electron chi connectivity index (χ0n) is 11.5. The van der Waals surface area contributed by atoms with E-state index in [1.807, 2.05) is 37.3 Å². The van der Waals surface area contributed by atoms with Crippen LogP contribution in [0, 0.1) is 6.92 Å². The zero-order valence-corrected chi connectivity index (χ0v) is 11.5. The molecule has 6 heteroatoms. The number of ether oxygens (including phenoxy) is 2. The van der Waals surface area contributed by atoms with Crippen molar-refractivity contribution >= 4 is 5.65 Å². The Kier molecular flexibility index (Phi) is 2.98. The number of benzene rings is 1. The minimum Gasteiger partial charge on any atom is -0.493 e. The second-order valence-electron chi connectivity index (χ2n) is 4.37. The second-order valence-corrected chi connectivity index (χ2v) is 4.37. The summed E-state index contributed by atoms with van der Waals surface area (Å²) >= 11 is 0. The predicted molar refractivity (Wildman–Crippen MR) is 72.8 cm³/mol. The number of hydrogen-bond acceptors (Lipinski definition) is 4. The monoisotopic (exact) mass is 271 g/mol. The van der Waals surface area contributed by atoms with E-state index < -0.39 is 0 Å². The predicted octanol–water partition coefficient (Wildman–Crippen LogP) is 1.54. The lowest BCUT2D eigenvalue weighted by Crippen LogP contribution is -2.28. The van der Waals surface area contributed by atoms with Crippen LogP contribution < -0.4 is 14.0 Å². The van der Waals surface area contributed by atoms with Crippen molar-refractivity contribution in [1.29, 1.82) is 0 Å². The number of fused-ring (bicyclic) bond motifs is 1. The average Bonchev–Trinajstić information content (AvgIpc) is 2.87. The Morgan fingerprint density at radius 1 is 1.05 bits per heavy atom. The van der Waals surface area contributed by atoms with E-state index >= 15 is 0 Å². The van der Waals surface area contributed by atoms with Gasteiger partial charge in [-0.25, -0.2) is 0 Å². The van der Waals surface area contributed by atoms with Crippen LogP contribution in [0.4, 0.5) is 0 Å². The minimum atomic E-state index is 0.681. The molecule has 0 amide bonds. The van der Waals surface area contributed by atoms with Crippen LogP contribution in [0.3, 0.4) is 0 Å². The van der Waals surface area contributed by atoms with Gasteiger partial charge in [-0.1, -0.05) is 0 Å². The SMILES string of the molecule is COc1ccc(-c2ccc3n[nH]c(C)[n+]3n2)cc1OC. The number of aromatic amines is 1. The first-order chi connectivity index (χ1) is 9.72. The highest BCUT2D eigenvalue weighted by Crippen LogP contribution is 2.31. The van der Waals surface area contributed by atoms with Gasteiger partial charge in [-0.2, -0.15) is 0 Å². The van der Waals surface area contributed by atoms with Crippen molar-refractivity contribution in [2.24, 2.45) is 0 Å². The maximum absolute atomic E-state index is 5.32. The maximum atomic E-state index is 5.32. The van der Waals surface area contributed by atoms with E-state index in [0.29, 0.717) is 11.5 Å². The van der Waals surface area contributed by atoms with E-state index in [-0.39, 0.29) is 0 Å². The highest BCUT2D eigenvalue weighted by atomic mass is 16.5. The molecule has 0 radical (unpaired) electrons. The van der Waals surface area contributed by atoms with Crippen LogP contribution in [0.2, 0.25) is 0 Å². The van der Waals surface area contributed by atoms with Crippen LogP contribution in [0.5, 0.6) is 11.5 Å². The van der Waals surface area contributed by atoms with Crippen molar-refractivity contribution in [2.45, 2.75) is 6.92 Å². The number of rotatable bonds is 3. The Morgan fingerprint density at radius 3 is 2.60 bits per heavy atom. The summed E-state index contributed by atoms with van der Waals surface area (Å²) in [6, 6.07) is 9.57. The minimum absolute atomic E-state index is 0.681. The summed E-state index contributed by atoms with van der Waals surface area (Å²) in [5.74, 6) is 2.26. The van der Waals surface area contributed by atoms with Crippen molar-refractivity contribution < 1.29 is 14.0 Å². The molecule has 1 aromatic carbocycles. The number of aryl methyl sites for hydroxylation is 1. The molecule has 3 aromatic rings. The third-order valence-electron chi connectivity index (χ3n) is 3.14. The Bertz CT molecular complexity index is 767. The molecule has 1 N–H and O–H groups in total.